The number of rotatable bonds is 23. The highest BCUT2D eigenvalue weighted by atomic mass is 19.2. The first-order chi connectivity index (χ1) is 26.3. The topological polar surface area (TPSA) is 219 Å². The number of hydrogen-bond donors (Lipinski definition) is 4. The third kappa shape index (κ3) is 15.3. The van der Waals surface area contributed by atoms with Crippen molar-refractivity contribution in [2.75, 3.05) is 31.7 Å². The van der Waals surface area contributed by atoms with Crippen molar-refractivity contribution in [3.05, 3.63) is 58.9 Å². The lowest BCUT2D eigenvalue weighted by Crippen LogP contribution is -2.48. The molecule has 5 N–H and O–H groups in total. The Kier molecular flexibility index (Phi) is 19.0. The summed E-state index contributed by atoms with van der Waals surface area (Å²) in [5, 5.41) is 7.46. The van der Waals surface area contributed by atoms with E-state index >= 15 is 0 Å². The van der Waals surface area contributed by atoms with Gasteiger partial charge in [-0.05, 0) is 24.6 Å². The molecule has 308 valence electrons. The molecule has 20 heteroatoms. The molecule has 0 unspecified atom stereocenters. The number of ketones is 1. The molecule has 0 aromatic heterocycles. The molecule has 0 saturated heterocycles. The SMILES string of the molecule is CC(C)C(=O)OCc1ccc(NC(=O)[C@H](CC(N)=O)NC(=O)[C@H](C)CC(=O)[C@H](C)NC(=O)CCOCCOCCC(=O)Oc2c(F)c(F)c(F)c(F)c2F)cc1. The van der Waals surface area contributed by atoms with E-state index in [1.165, 1.54) is 26.0 Å². The van der Waals surface area contributed by atoms with Gasteiger partial charge >= 0.3 is 11.9 Å². The van der Waals surface area contributed by atoms with Crippen molar-refractivity contribution in [1.82, 2.24) is 10.6 Å². The summed E-state index contributed by atoms with van der Waals surface area (Å²) in [6, 6.07) is 3.93. The van der Waals surface area contributed by atoms with E-state index in [2.05, 4.69) is 20.7 Å². The summed E-state index contributed by atoms with van der Waals surface area (Å²) in [7, 11) is 0. The number of ether oxygens (including phenoxy) is 4. The number of halogens is 5. The first-order valence-electron chi connectivity index (χ1n) is 17.2. The molecule has 0 aliphatic heterocycles. The van der Waals surface area contributed by atoms with E-state index in [9.17, 15) is 55.5 Å². The van der Waals surface area contributed by atoms with Gasteiger partial charge in [0.15, 0.2) is 5.78 Å². The average molecular weight is 803 g/mol. The van der Waals surface area contributed by atoms with Gasteiger partial charge in [0.1, 0.15) is 12.6 Å². The van der Waals surface area contributed by atoms with E-state index in [0.717, 1.165) is 0 Å². The van der Waals surface area contributed by atoms with Crippen molar-refractivity contribution in [3.63, 3.8) is 0 Å². The summed E-state index contributed by atoms with van der Waals surface area (Å²) >= 11 is 0. The van der Waals surface area contributed by atoms with E-state index < -0.39 is 101 Å². The number of benzene rings is 2. The zero-order valence-corrected chi connectivity index (χ0v) is 30.9. The second-order valence-corrected chi connectivity index (χ2v) is 12.6. The molecule has 15 nitrogen and oxygen atoms in total. The fraction of sp³-hybridized carbons (Fsp3) is 0.472. The number of primary amides is 1. The summed E-state index contributed by atoms with van der Waals surface area (Å²) in [4.78, 5) is 85.9. The smallest absolute Gasteiger partial charge is 0.313 e. The lowest BCUT2D eigenvalue weighted by Gasteiger charge is -2.21. The third-order valence-corrected chi connectivity index (χ3v) is 7.61. The third-order valence-electron chi connectivity index (χ3n) is 7.61. The van der Waals surface area contributed by atoms with Crippen LogP contribution in [0.4, 0.5) is 27.6 Å². The number of amides is 4. The van der Waals surface area contributed by atoms with Crippen molar-refractivity contribution >= 4 is 47.0 Å². The van der Waals surface area contributed by atoms with Gasteiger partial charge in [-0.3, -0.25) is 33.6 Å². The van der Waals surface area contributed by atoms with Crippen molar-refractivity contribution in [3.8, 4) is 5.75 Å². The molecule has 0 radical (unpaired) electrons. The van der Waals surface area contributed by atoms with Crippen LogP contribution < -0.4 is 26.4 Å². The largest absolute Gasteiger partial charge is 0.461 e. The number of carbonyl (C=O) groups excluding carboxylic acids is 7. The number of esters is 2. The van der Waals surface area contributed by atoms with Crippen LogP contribution in [0.3, 0.4) is 0 Å². The first-order valence-corrected chi connectivity index (χ1v) is 17.2. The Morgan fingerprint density at radius 1 is 0.696 bits per heavy atom. The van der Waals surface area contributed by atoms with Crippen molar-refractivity contribution in [1.29, 1.82) is 0 Å². The molecule has 2 rings (SSSR count). The molecule has 0 spiro atoms. The summed E-state index contributed by atoms with van der Waals surface area (Å²) in [6.45, 7) is 5.59. The van der Waals surface area contributed by atoms with Crippen LogP contribution in [0, 0.1) is 40.9 Å². The minimum atomic E-state index is -2.40. The predicted octanol–water partition coefficient (Wildman–Crippen LogP) is 2.90. The lowest BCUT2D eigenvalue weighted by molar-refractivity contribution is -0.148. The van der Waals surface area contributed by atoms with E-state index in [1.54, 1.807) is 26.0 Å². The molecule has 2 aromatic carbocycles. The number of hydrogen-bond acceptors (Lipinski definition) is 11. The summed E-state index contributed by atoms with van der Waals surface area (Å²) in [5.41, 5.74) is 6.26. The van der Waals surface area contributed by atoms with Crippen LogP contribution >= 0.6 is 0 Å². The summed E-state index contributed by atoms with van der Waals surface area (Å²) < 4.78 is 86.5. The van der Waals surface area contributed by atoms with Gasteiger partial charge in [-0.2, -0.15) is 8.78 Å². The fourth-order valence-electron chi connectivity index (χ4n) is 4.41. The van der Waals surface area contributed by atoms with Gasteiger partial charge in [-0.15, -0.1) is 0 Å². The second kappa shape index (κ2) is 22.8. The Morgan fingerprint density at radius 3 is 1.80 bits per heavy atom. The molecular weight excluding hydrogens is 759 g/mol. The number of carbonyl (C=O) groups is 7. The lowest BCUT2D eigenvalue weighted by atomic mass is 9.99. The van der Waals surface area contributed by atoms with E-state index in [1.807, 2.05) is 0 Å². The highest BCUT2D eigenvalue weighted by Gasteiger charge is 2.29. The highest BCUT2D eigenvalue weighted by Crippen LogP contribution is 2.29. The Morgan fingerprint density at radius 2 is 1.25 bits per heavy atom. The van der Waals surface area contributed by atoms with Gasteiger partial charge in [0.25, 0.3) is 0 Å². The molecule has 0 heterocycles. The predicted molar refractivity (Wildman–Crippen MR) is 185 cm³/mol. The Labute approximate surface area is 318 Å². The molecule has 0 fully saturated rings. The Hall–Kier alpha value is -5.50. The summed E-state index contributed by atoms with van der Waals surface area (Å²) in [5.74, 6) is -19.7. The van der Waals surface area contributed by atoms with Gasteiger partial charge < -0.3 is 40.6 Å². The Balaban J connectivity index is 1.70. The van der Waals surface area contributed by atoms with Crippen molar-refractivity contribution < 1.29 is 74.5 Å². The maximum Gasteiger partial charge on any atom is 0.313 e. The molecule has 56 heavy (non-hydrogen) atoms. The number of nitrogens with one attached hydrogen (secondary N) is 3. The van der Waals surface area contributed by atoms with Gasteiger partial charge in [0.2, 0.25) is 58.5 Å². The van der Waals surface area contributed by atoms with E-state index in [0.29, 0.717) is 11.3 Å². The van der Waals surface area contributed by atoms with Crippen LogP contribution in [0.5, 0.6) is 5.75 Å². The maximum atomic E-state index is 13.6. The van der Waals surface area contributed by atoms with E-state index in [4.69, 9.17) is 19.9 Å². The minimum absolute atomic E-state index is 0.0289. The second-order valence-electron chi connectivity index (χ2n) is 12.6. The highest BCUT2D eigenvalue weighted by molar-refractivity contribution is 6.00. The molecule has 0 saturated carbocycles. The van der Waals surface area contributed by atoms with Crippen LogP contribution in [-0.4, -0.2) is 79.9 Å². The molecule has 0 aliphatic carbocycles. The van der Waals surface area contributed by atoms with Gasteiger partial charge in [0, 0.05) is 24.4 Å². The van der Waals surface area contributed by atoms with Crippen LogP contribution in [0.15, 0.2) is 24.3 Å². The quantitative estimate of drug-likeness (QED) is 0.0320. The number of anilines is 1. The van der Waals surface area contributed by atoms with Crippen molar-refractivity contribution in [2.24, 2.45) is 17.6 Å². The fourth-order valence-corrected chi connectivity index (χ4v) is 4.41. The maximum absolute atomic E-state index is 13.6. The molecule has 3 atom stereocenters. The Bertz CT molecular complexity index is 1720. The summed E-state index contributed by atoms with van der Waals surface area (Å²) in [6.07, 6.45) is -1.65. The molecule has 0 bridgehead atoms. The monoisotopic (exact) mass is 802 g/mol. The number of Topliss-reactive ketones (excluding diaryl/α,β-unsaturated/α-hetero) is 1. The van der Waals surface area contributed by atoms with Gasteiger partial charge in [0.05, 0.1) is 51.2 Å². The standard InChI is InChI=1S/C36H43F5N4O11/c1-18(2)36(52)55-17-21-5-7-22(8-6-21)44-35(51)23(16-25(42)47)45-34(50)19(3)15-24(46)20(4)43-26(48)9-11-53-13-14-54-12-10-27(49)56-33-31(40)29(38)28(37)30(39)32(33)41/h5-8,18-20,23H,9-17H2,1-4H3,(H2,42,47)(H,43,48)(H,44,51)(H,45,50)/t19-,20+,23+/m1/s1. The number of nitrogens with two attached hydrogens (primary N) is 1. The normalized spacial score (nSPS) is 12.6. The molecular formula is C36H43F5N4O11. The molecule has 4 amide bonds. The van der Waals surface area contributed by atoms with Gasteiger partial charge in [-0.25, -0.2) is 13.2 Å². The van der Waals surface area contributed by atoms with Gasteiger partial charge in [-0.1, -0.05) is 32.9 Å². The molecule has 2 aromatic rings. The zero-order valence-electron chi connectivity index (χ0n) is 30.9. The van der Waals surface area contributed by atoms with E-state index in [-0.39, 0.29) is 57.8 Å². The van der Waals surface area contributed by atoms with Crippen molar-refractivity contribution in [2.45, 2.75) is 72.1 Å². The van der Waals surface area contributed by atoms with Crippen LogP contribution in [0.2, 0.25) is 0 Å². The average Bonchev–Trinajstić information content (AvgIpc) is 3.14. The van der Waals surface area contributed by atoms with Crippen LogP contribution in [0.1, 0.15) is 58.9 Å². The van der Waals surface area contributed by atoms with Crippen LogP contribution in [0.25, 0.3) is 0 Å². The molecule has 0 aliphatic rings. The zero-order chi connectivity index (χ0) is 42.1. The first kappa shape index (κ1) is 46.7. The minimum Gasteiger partial charge on any atom is -0.461 e. The van der Waals surface area contributed by atoms with Crippen LogP contribution in [-0.2, 0) is 54.4 Å².